The summed E-state index contributed by atoms with van der Waals surface area (Å²) in [6.07, 6.45) is 7.11. The molecule has 0 bridgehead atoms. The molecule has 6 heteroatoms. The molecule has 2 rings (SSSR count). The zero-order valence-electron chi connectivity index (χ0n) is 15.0. The van der Waals surface area contributed by atoms with Gasteiger partial charge < -0.3 is 9.84 Å². The van der Waals surface area contributed by atoms with Gasteiger partial charge in [-0.3, -0.25) is 4.55 Å². The van der Waals surface area contributed by atoms with Crippen LogP contribution in [0, 0.1) is 0 Å². The van der Waals surface area contributed by atoms with Gasteiger partial charge in [0.25, 0.3) is 10.1 Å². The Labute approximate surface area is 155 Å². The third-order valence-corrected chi connectivity index (χ3v) is 5.07. The van der Waals surface area contributed by atoms with E-state index in [2.05, 4.69) is 6.92 Å². The van der Waals surface area contributed by atoms with Crippen molar-refractivity contribution in [1.82, 2.24) is 0 Å². The molecule has 0 amide bonds. The largest absolute Gasteiger partial charge is 0.508 e. The van der Waals surface area contributed by atoms with E-state index in [9.17, 15) is 18.1 Å². The molecule has 0 radical (unpaired) electrons. The number of aromatic hydroxyl groups is 1. The molecule has 0 aliphatic heterocycles. The maximum absolute atomic E-state index is 11.7. The Bertz CT molecular complexity index is 800. The van der Waals surface area contributed by atoms with E-state index in [1.165, 1.54) is 31.4 Å². The van der Waals surface area contributed by atoms with Crippen LogP contribution in [-0.4, -0.2) is 18.1 Å². The molecule has 5 nitrogen and oxygen atoms in total. The highest BCUT2D eigenvalue weighted by atomic mass is 32.2. The number of benzene rings is 2. The van der Waals surface area contributed by atoms with Gasteiger partial charge in [0.15, 0.2) is 5.75 Å². The van der Waals surface area contributed by atoms with Crippen molar-refractivity contribution in [2.24, 2.45) is 0 Å². The molecule has 0 aliphatic carbocycles. The molecule has 142 valence electrons. The van der Waals surface area contributed by atoms with Crippen molar-refractivity contribution in [3.63, 3.8) is 0 Å². The lowest BCUT2D eigenvalue weighted by molar-refractivity contribution is 0.433. The standard InChI is InChI=1S/C20H26O5S/c1-2-3-4-5-6-8-11-16-14-20(26(22,23)24)19(15-18(16)21)25-17-12-9-7-10-13-17/h7,9-10,12-15,21H,2-6,8,11H2,1H3,(H,22,23,24). The smallest absolute Gasteiger partial charge is 0.298 e. The van der Waals surface area contributed by atoms with Gasteiger partial charge in [-0.25, -0.2) is 0 Å². The Kier molecular flexibility index (Phi) is 7.48. The van der Waals surface area contributed by atoms with Crippen LogP contribution in [0.1, 0.15) is 51.0 Å². The highest BCUT2D eigenvalue weighted by Gasteiger charge is 2.20. The zero-order valence-corrected chi connectivity index (χ0v) is 15.8. The van der Waals surface area contributed by atoms with Crippen LogP contribution in [0.4, 0.5) is 0 Å². The van der Waals surface area contributed by atoms with Gasteiger partial charge in [-0.15, -0.1) is 0 Å². The summed E-state index contributed by atoms with van der Waals surface area (Å²) in [7, 11) is -4.47. The first-order valence-corrected chi connectivity index (χ1v) is 10.4. The summed E-state index contributed by atoms with van der Waals surface area (Å²) in [6, 6.07) is 11.2. The highest BCUT2D eigenvalue weighted by molar-refractivity contribution is 7.86. The second-order valence-corrected chi connectivity index (χ2v) is 7.73. The number of phenols is 1. The zero-order chi connectivity index (χ0) is 19.0. The van der Waals surface area contributed by atoms with Crippen molar-refractivity contribution in [2.45, 2.75) is 56.8 Å². The first-order valence-electron chi connectivity index (χ1n) is 8.98. The Morgan fingerprint density at radius 1 is 0.962 bits per heavy atom. The van der Waals surface area contributed by atoms with Crippen LogP contribution in [0.3, 0.4) is 0 Å². The lowest BCUT2D eigenvalue weighted by Gasteiger charge is -2.13. The average molecular weight is 378 g/mol. The number of unbranched alkanes of at least 4 members (excludes halogenated alkanes) is 5. The topological polar surface area (TPSA) is 83.8 Å². The monoisotopic (exact) mass is 378 g/mol. The van der Waals surface area contributed by atoms with Gasteiger partial charge in [0.05, 0.1) is 0 Å². The van der Waals surface area contributed by atoms with Crippen molar-refractivity contribution in [2.75, 3.05) is 0 Å². The molecule has 2 N–H and O–H groups in total. The Hall–Kier alpha value is -2.05. The van der Waals surface area contributed by atoms with E-state index >= 15 is 0 Å². The molecule has 0 aliphatic rings. The molecule has 0 aromatic heterocycles. The normalized spacial score (nSPS) is 11.5. The minimum atomic E-state index is -4.47. The van der Waals surface area contributed by atoms with E-state index in [0.717, 1.165) is 19.3 Å². The molecule has 0 saturated carbocycles. The van der Waals surface area contributed by atoms with Gasteiger partial charge in [-0.05, 0) is 36.6 Å². The first kappa shape index (κ1) is 20.3. The van der Waals surface area contributed by atoms with Gasteiger partial charge in [0.1, 0.15) is 16.4 Å². The van der Waals surface area contributed by atoms with E-state index in [1.807, 2.05) is 0 Å². The predicted octanol–water partition coefficient (Wildman–Crippen LogP) is 5.33. The number of hydrogen-bond donors (Lipinski definition) is 2. The van der Waals surface area contributed by atoms with Crippen molar-refractivity contribution in [1.29, 1.82) is 0 Å². The summed E-state index contributed by atoms with van der Waals surface area (Å²) in [5, 5.41) is 10.2. The molecule has 26 heavy (non-hydrogen) atoms. The highest BCUT2D eigenvalue weighted by Crippen LogP contribution is 2.35. The molecule has 0 atom stereocenters. The Morgan fingerprint density at radius 2 is 1.62 bits per heavy atom. The van der Waals surface area contributed by atoms with Gasteiger partial charge in [0, 0.05) is 6.07 Å². The molecule has 0 spiro atoms. The Balaban J connectivity index is 2.16. The van der Waals surface area contributed by atoms with Crippen LogP contribution in [0.2, 0.25) is 0 Å². The van der Waals surface area contributed by atoms with Gasteiger partial charge >= 0.3 is 0 Å². The third-order valence-electron chi connectivity index (χ3n) is 4.19. The summed E-state index contributed by atoms with van der Waals surface area (Å²) in [5.74, 6) is 0.292. The lowest BCUT2D eigenvalue weighted by atomic mass is 10.0. The quantitative estimate of drug-likeness (QED) is 0.431. The summed E-state index contributed by atoms with van der Waals surface area (Å²) in [6.45, 7) is 2.16. The lowest BCUT2D eigenvalue weighted by Crippen LogP contribution is -2.03. The second-order valence-electron chi connectivity index (χ2n) is 6.34. The molecular weight excluding hydrogens is 352 g/mol. The van der Waals surface area contributed by atoms with Crippen molar-refractivity contribution in [3.05, 3.63) is 48.0 Å². The fourth-order valence-electron chi connectivity index (χ4n) is 2.78. The first-order chi connectivity index (χ1) is 12.4. The van der Waals surface area contributed by atoms with Crippen LogP contribution >= 0.6 is 0 Å². The van der Waals surface area contributed by atoms with E-state index in [4.69, 9.17) is 4.74 Å². The number of ether oxygens (including phenoxy) is 1. The second kappa shape index (κ2) is 9.59. The minimum Gasteiger partial charge on any atom is -0.508 e. The Morgan fingerprint density at radius 3 is 2.27 bits per heavy atom. The third kappa shape index (κ3) is 6.04. The average Bonchev–Trinajstić information content (AvgIpc) is 2.59. The van der Waals surface area contributed by atoms with E-state index in [0.29, 0.717) is 17.7 Å². The molecule has 0 unspecified atom stereocenters. The fourth-order valence-corrected chi connectivity index (χ4v) is 3.43. The fraction of sp³-hybridized carbons (Fsp3) is 0.400. The molecule has 0 fully saturated rings. The summed E-state index contributed by atoms with van der Waals surface area (Å²) >= 11 is 0. The van der Waals surface area contributed by atoms with E-state index in [-0.39, 0.29) is 16.4 Å². The summed E-state index contributed by atoms with van der Waals surface area (Å²) in [4.78, 5) is -0.333. The molecule has 2 aromatic rings. The van der Waals surface area contributed by atoms with Crippen molar-refractivity contribution >= 4 is 10.1 Å². The van der Waals surface area contributed by atoms with Gasteiger partial charge in [-0.1, -0.05) is 57.2 Å². The van der Waals surface area contributed by atoms with Crippen molar-refractivity contribution in [3.8, 4) is 17.2 Å². The molecular formula is C20H26O5S. The van der Waals surface area contributed by atoms with Crippen LogP contribution in [0.15, 0.2) is 47.4 Å². The van der Waals surface area contributed by atoms with Gasteiger partial charge in [-0.2, -0.15) is 8.42 Å². The van der Waals surface area contributed by atoms with Gasteiger partial charge in [0.2, 0.25) is 0 Å². The van der Waals surface area contributed by atoms with E-state index < -0.39 is 10.1 Å². The van der Waals surface area contributed by atoms with Crippen LogP contribution in [0.5, 0.6) is 17.2 Å². The predicted molar refractivity (Wildman–Crippen MR) is 102 cm³/mol. The van der Waals surface area contributed by atoms with Crippen molar-refractivity contribution < 1.29 is 22.8 Å². The number of para-hydroxylation sites is 1. The molecule has 0 heterocycles. The van der Waals surface area contributed by atoms with Crippen LogP contribution < -0.4 is 4.74 Å². The van der Waals surface area contributed by atoms with Crippen LogP contribution in [0.25, 0.3) is 0 Å². The number of rotatable bonds is 10. The number of aryl methyl sites for hydroxylation is 1. The molecule has 0 saturated heterocycles. The molecule has 2 aromatic carbocycles. The summed E-state index contributed by atoms with van der Waals surface area (Å²) < 4.78 is 38.6. The maximum atomic E-state index is 11.7. The summed E-state index contributed by atoms with van der Waals surface area (Å²) in [5.41, 5.74) is 0.494. The van der Waals surface area contributed by atoms with E-state index in [1.54, 1.807) is 30.3 Å². The minimum absolute atomic E-state index is 0.0307. The number of phenolic OH excluding ortho intramolecular Hbond substituents is 1. The SMILES string of the molecule is CCCCCCCCc1cc(S(=O)(=O)O)c(Oc2ccccc2)cc1O. The maximum Gasteiger partial charge on any atom is 0.298 e. The number of hydrogen-bond acceptors (Lipinski definition) is 4. The van der Waals surface area contributed by atoms with Crippen LogP contribution in [-0.2, 0) is 16.5 Å².